The van der Waals surface area contributed by atoms with Gasteiger partial charge in [0.05, 0.1) is 0 Å². The predicted octanol–water partition coefficient (Wildman–Crippen LogP) is 1.67. The fourth-order valence-electron chi connectivity index (χ4n) is 3.94. The smallest absolute Gasteiger partial charge is 0.327 e. The Hall–Kier alpha value is -2.16. The van der Waals surface area contributed by atoms with Crippen LogP contribution < -0.4 is 4.90 Å². The third kappa shape index (κ3) is 3.65. The summed E-state index contributed by atoms with van der Waals surface area (Å²) < 4.78 is 10.1. The Morgan fingerprint density at radius 2 is 1.96 bits per heavy atom. The number of amides is 3. The van der Waals surface area contributed by atoms with Crippen LogP contribution in [0.25, 0.3) is 0 Å². The van der Waals surface area contributed by atoms with Crippen LogP contribution in [-0.4, -0.2) is 77.3 Å². The van der Waals surface area contributed by atoms with Crippen molar-refractivity contribution in [3.05, 3.63) is 5.89 Å². The minimum atomic E-state index is -0.760. The maximum atomic E-state index is 13.3. The Morgan fingerprint density at radius 3 is 2.52 bits per heavy atom. The first-order valence-corrected chi connectivity index (χ1v) is 9.57. The minimum absolute atomic E-state index is 0.0757. The monoisotopic (exact) mass is 379 g/mol. The molecule has 0 aromatic carbocycles. The van der Waals surface area contributed by atoms with Gasteiger partial charge in [-0.3, -0.25) is 9.69 Å². The first kappa shape index (κ1) is 19.6. The van der Waals surface area contributed by atoms with Gasteiger partial charge < -0.3 is 19.1 Å². The summed E-state index contributed by atoms with van der Waals surface area (Å²) in [5.74, 6) is 1.28. The summed E-state index contributed by atoms with van der Waals surface area (Å²) in [6, 6.07) is -0.173. The fraction of sp³-hybridized carbons (Fsp3) is 0.778. The second-order valence-corrected chi connectivity index (χ2v) is 7.72. The van der Waals surface area contributed by atoms with Gasteiger partial charge in [0, 0.05) is 46.8 Å². The molecule has 150 valence electrons. The van der Waals surface area contributed by atoms with Gasteiger partial charge in [0.25, 0.3) is 11.9 Å². The van der Waals surface area contributed by atoms with E-state index < -0.39 is 5.54 Å². The first-order chi connectivity index (χ1) is 12.9. The number of aromatic nitrogens is 2. The molecule has 0 unspecified atom stereocenters. The van der Waals surface area contributed by atoms with E-state index >= 15 is 0 Å². The third-order valence-electron chi connectivity index (χ3n) is 5.29. The van der Waals surface area contributed by atoms with Gasteiger partial charge >= 0.3 is 6.03 Å². The molecule has 9 nitrogen and oxygen atoms in total. The molecule has 3 amide bonds. The van der Waals surface area contributed by atoms with Crippen LogP contribution in [-0.2, 0) is 9.53 Å². The highest BCUT2D eigenvalue weighted by molar-refractivity contribution is 6.07. The molecule has 0 radical (unpaired) electrons. The van der Waals surface area contributed by atoms with E-state index in [2.05, 4.69) is 24.0 Å². The summed E-state index contributed by atoms with van der Waals surface area (Å²) in [7, 11) is 1.62. The van der Waals surface area contributed by atoms with Crippen LogP contribution >= 0.6 is 0 Å². The maximum Gasteiger partial charge on any atom is 0.327 e. The van der Waals surface area contributed by atoms with Crippen LogP contribution in [0.3, 0.4) is 0 Å². The Balaban J connectivity index is 1.78. The largest absolute Gasteiger partial charge is 0.385 e. The van der Waals surface area contributed by atoms with E-state index in [1.807, 2.05) is 4.90 Å². The molecule has 0 N–H and O–H groups in total. The number of hydrogen-bond acceptors (Lipinski definition) is 7. The van der Waals surface area contributed by atoms with Crippen LogP contribution in [0.15, 0.2) is 4.52 Å². The van der Waals surface area contributed by atoms with Gasteiger partial charge in [0.2, 0.25) is 5.89 Å². The molecule has 0 atom stereocenters. The average Bonchev–Trinajstić information content (AvgIpc) is 3.14. The predicted molar refractivity (Wildman–Crippen MR) is 98.4 cm³/mol. The number of rotatable bonds is 7. The van der Waals surface area contributed by atoms with Crippen LogP contribution in [0.5, 0.6) is 0 Å². The molecule has 1 aromatic heterocycles. The number of aryl methyl sites for hydroxylation is 1. The molecule has 2 aliphatic rings. The molecule has 0 saturated carbocycles. The molecular weight excluding hydrogens is 350 g/mol. The Morgan fingerprint density at radius 1 is 1.26 bits per heavy atom. The Kier molecular flexibility index (Phi) is 5.69. The van der Waals surface area contributed by atoms with E-state index in [4.69, 9.17) is 9.26 Å². The highest BCUT2D eigenvalue weighted by Crippen LogP contribution is 2.38. The van der Waals surface area contributed by atoms with Gasteiger partial charge in [0.1, 0.15) is 5.54 Å². The summed E-state index contributed by atoms with van der Waals surface area (Å²) in [6.45, 7) is 8.61. The van der Waals surface area contributed by atoms with Crippen molar-refractivity contribution in [1.82, 2.24) is 19.9 Å². The lowest BCUT2D eigenvalue weighted by Crippen LogP contribution is -2.57. The summed E-state index contributed by atoms with van der Waals surface area (Å²) in [4.78, 5) is 35.8. The molecular formula is C18H29N5O4. The van der Waals surface area contributed by atoms with Crippen molar-refractivity contribution in [1.29, 1.82) is 0 Å². The van der Waals surface area contributed by atoms with Crippen LogP contribution in [0.2, 0.25) is 0 Å². The molecule has 0 bridgehead atoms. The van der Waals surface area contributed by atoms with Gasteiger partial charge in [-0.15, -0.1) is 0 Å². The lowest BCUT2D eigenvalue weighted by molar-refractivity contribution is -0.134. The normalized spacial score (nSPS) is 19.8. The zero-order chi connectivity index (χ0) is 19.6. The van der Waals surface area contributed by atoms with E-state index in [1.54, 1.807) is 18.9 Å². The standard InChI is InChI=1S/C18H29N5O4/c1-13(2)12-23-17(25)22(8-5-11-26-4)15(24)18(23)6-9-21(10-7-18)16-19-14(3)27-20-16/h13H,5-12H2,1-4H3. The minimum Gasteiger partial charge on any atom is -0.385 e. The number of urea groups is 1. The van der Waals surface area contributed by atoms with Gasteiger partial charge in [-0.25, -0.2) is 4.79 Å². The van der Waals surface area contributed by atoms with E-state index in [0.717, 1.165) is 0 Å². The van der Waals surface area contributed by atoms with Crippen molar-refractivity contribution in [3.63, 3.8) is 0 Å². The number of anilines is 1. The maximum absolute atomic E-state index is 13.3. The second kappa shape index (κ2) is 7.84. The van der Waals surface area contributed by atoms with Crippen molar-refractivity contribution >= 4 is 17.9 Å². The van der Waals surface area contributed by atoms with Gasteiger partial charge in [-0.2, -0.15) is 4.98 Å². The zero-order valence-electron chi connectivity index (χ0n) is 16.6. The molecule has 2 saturated heterocycles. The number of piperidine rings is 1. The second-order valence-electron chi connectivity index (χ2n) is 7.72. The van der Waals surface area contributed by atoms with Crippen molar-refractivity contribution in [2.75, 3.05) is 44.8 Å². The van der Waals surface area contributed by atoms with Gasteiger partial charge in [-0.1, -0.05) is 13.8 Å². The van der Waals surface area contributed by atoms with Crippen LogP contribution in [0.4, 0.5) is 10.7 Å². The highest BCUT2D eigenvalue weighted by Gasteiger charge is 2.57. The van der Waals surface area contributed by atoms with Crippen LogP contribution in [0.1, 0.15) is 39.0 Å². The van der Waals surface area contributed by atoms with Crippen molar-refractivity contribution in [2.24, 2.45) is 5.92 Å². The molecule has 1 spiro atoms. The number of methoxy groups -OCH3 is 1. The highest BCUT2D eigenvalue weighted by atomic mass is 16.5. The van der Waals surface area contributed by atoms with E-state index in [0.29, 0.717) is 63.9 Å². The molecule has 0 aliphatic carbocycles. The third-order valence-corrected chi connectivity index (χ3v) is 5.29. The molecule has 2 aliphatic heterocycles. The number of hydrogen-bond donors (Lipinski definition) is 0. The van der Waals surface area contributed by atoms with Gasteiger partial charge in [-0.05, 0) is 30.3 Å². The Labute approximate surface area is 159 Å². The topological polar surface area (TPSA) is 92.0 Å². The summed E-state index contributed by atoms with van der Waals surface area (Å²) >= 11 is 0. The van der Waals surface area contributed by atoms with Crippen molar-refractivity contribution in [3.8, 4) is 0 Å². The molecule has 1 aromatic rings. The number of imide groups is 1. The lowest BCUT2D eigenvalue weighted by atomic mass is 9.85. The van der Waals surface area contributed by atoms with Gasteiger partial charge in [0.15, 0.2) is 0 Å². The molecule has 3 rings (SSSR count). The SMILES string of the molecule is COCCCN1C(=O)N(CC(C)C)C2(CCN(c3noc(C)n3)CC2)C1=O. The number of ether oxygens (including phenoxy) is 1. The molecule has 27 heavy (non-hydrogen) atoms. The summed E-state index contributed by atoms with van der Waals surface area (Å²) in [5, 5.41) is 3.97. The molecule has 2 fully saturated rings. The molecule has 9 heteroatoms. The first-order valence-electron chi connectivity index (χ1n) is 9.57. The lowest BCUT2D eigenvalue weighted by Gasteiger charge is -2.42. The number of nitrogens with zero attached hydrogens (tertiary/aromatic N) is 5. The molecule has 3 heterocycles. The van der Waals surface area contributed by atoms with E-state index in [-0.39, 0.29) is 17.9 Å². The summed E-state index contributed by atoms with van der Waals surface area (Å²) in [6.07, 6.45) is 1.78. The quantitative estimate of drug-likeness (QED) is 0.526. The number of carbonyl (C=O) groups excluding carboxylic acids is 2. The van der Waals surface area contributed by atoms with Crippen molar-refractivity contribution < 1.29 is 18.8 Å². The van der Waals surface area contributed by atoms with Crippen LogP contribution in [0, 0.1) is 12.8 Å². The number of carbonyl (C=O) groups is 2. The summed E-state index contributed by atoms with van der Waals surface area (Å²) in [5.41, 5.74) is -0.760. The Bertz CT molecular complexity index is 681. The van der Waals surface area contributed by atoms with Crippen molar-refractivity contribution in [2.45, 2.75) is 45.6 Å². The van der Waals surface area contributed by atoms with E-state index in [1.165, 1.54) is 4.90 Å². The fourth-order valence-corrected chi connectivity index (χ4v) is 3.94. The average molecular weight is 379 g/mol. The van der Waals surface area contributed by atoms with E-state index in [9.17, 15) is 9.59 Å². The zero-order valence-corrected chi connectivity index (χ0v) is 16.6.